The first-order chi connectivity index (χ1) is 7.12. The summed E-state index contributed by atoms with van der Waals surface area (Å²) in [4.78, 5) is 0. The van der Waals surface area contributed by atoms with E-state index in [1.54, 1.807) is 0 Å². The van der Waals surface area contributed by atoms with Gasteiger partial charge in [-0.15, -0.1) is 0 Å². The Balaban J connectivity index is 3.35. The number of nitrogens with zero attached hydrogens (tertiary/aromatic N) is 1. The smallest absolute Gasteiger partial charge is 0.224 e. The zero-order valence-corrected chi connectivity index (χ0v) is 10.6. The molecule has 15 heavy (non-hydrogen) atoms. The number of hydrogen-bond acceptors (Lipinski definition) is 2. The monoisotopic (exact) mass is 215 g/mol. The average molecular weight is 215 g/mol. The van der Waals surface area contributed by atoms with Gasteiger partial charge in [0.15, 0.2) is 6.40 Å². The summed E-state index contributed by atoms with van der Waals surface area (Å²) < 4.78 is 5.86. The first-order valence-corrected chi connectivity index (χ1v) is 6.05. The van der Waals surface area contributed by atoms with Gasteiger partial charge >= 0.3 is 0 Å². The molecule has 0 radical (unpaired) electrons. The third kappa shape index (κ3) is 9.73. The van der Waals surface area contributed by atoms with E-state index < -0.39 is 0 Å². The molecule has 0 fully saturated rings. The van der Waals surface area contributed by atoms with Gasteiger partial charge in [0.1, 0.15) is 0 Å². The molecule has 1 N–H and O–H groups in total. The highest BCUT2D eigenvalue weighted by Gasteiger charge is 2.13. The summed E-state index contributed by atoms with van der Waals surface area (Å²) in [5, 5.41) is 6.81. The first kappa shape index (κ1) is 14.4. The van der Waals surface area contributed by atoms with Crippen molar-refractivity contribution >= 4 is 6.40 Å². The van der Waals surface area contributed by atoms with Gasteiger partial charge in [0.05, 0.1) is 20.6 Å². The van der Waals surface area contributed by atoms with Crippen molar-refractivity contribution in [2.45, 2.75) is 45.4 Å². The molecule has 0 saturated carbocycles. The molecule has 0 aromatic heterocycles. The minimum Gasteiger partial charge on any atom is -0.435 e. The minimum absolute atomic E-state index is 0.610. The van der Waals surface area contributed by atoms with Crippen molar-refractivity contribution in [3.05, 3.63) is 0 Å². The summed E-state index contributed by atoms with van der Waals surface area (Å²) in [5.74, 6) is 0. The quantitative estimate of drug-likeness (QED) is 0.196. The number of rotatable bonds is 10. The van der Waals surface area contributed by atoms with Crippen molar-refractivity contribution in [3.8, 4) is 0 Å². The summed E-state index contributed by atoms with van der Waals surface area (Å²) in [6, 6.07) is 0. The lowest BCUT2D eigenvalue weighted by Gasteiger charge is -2.28. The molecule has 0 heterocycles. The molecule has 0 spiro atoms. The third-order valence-electron chi connectivity index (χ3n) is 2.62. The fourth-order valence-corrected chi connectivity index (χ4v) is 1.62. The second-order valence-corrected chi connectivity index (χ2v) is 4.84. The van der Waals surface area contributed by atoms with Gasteiger partial charge in [-0.1, -0.05) is 32.6 Å². The van der Waals surface area contributed by atoms with Crippen LogP contribution in [0.2, 0.25) is 0 Å². The number of hydrogen-bond donors (Lipinski definition) is 1. The van der Waals surface area contributed by atoms with E-state index in [-0.39, 0.29) is 0 Å². The van der Waals surface area contributed by atoms with E-state index in [1.165, 1.54) is 38.5 Å². The molecule has 0 bridgehead atoms. The highest BCUT2D eigenvalue weighted by molar-refractivity contribution is 5.40. The molecule has 0 aromatic rings. The first-order valence-electron chi connectivity index (χ1n) is 6.05. The number of ether oxygens (including phenoxy) is 1. The van der Waals surface area contributed by atoms with Gasteiger partial charge in [-0.05, 0) is 12.8 Å². The molecule has 0 aliphatic rings. The zero-order valence-electron chi connectivity index (χ0n) is 10.6. The highest BCUT2D eigenvalue weighted by atomic mass is 16.5. The van der Waals surface area contributed by atoms with Gasteiger partial charge in [-0.3, -0.25) is 9.89 Å². The van der Waals surface area contributed by atoms with E-state index in [0.717, 1.165) is 17.4 Å². The zero-order chi connectivity index (χ0) is 11.6. The summed E-state index contributed by atoms with van der Waals surface area (Å²) >= 11 is 0. The SMILES string of the molecule is CCCCCCCC[N+](C)(C)COC=N. The number of unbranched alkanes of at least 4 members (excludes halogenated alkanes) is 5. The van der Waals surface area contributed by atoms with Crippen LogP contribution < -0.4 is 0 Å². The Kier molecular flexibility index (Phi) is 8.38. The summed E-state index contributed by atoms with van der Waals surface area (Å²) in [6.07, 6.45) is 9.04. The molecule has 3 nitrogen and oxygen atoms in total. The van der Waals surface area contributed by atoms with Gasteiger partial charge < -0.3 is 4.74 Å². The van der Waals surface area contributed by atoms with E-state index >= 15 is 0 Å². The van der Waals surface area contributed by atoms with Crippen LogP contribution in [0, 0.1) is 5.41 Å². The van der Waals surface area contributed by atoms with Crippen LogP contribution in [0.25, 0.3) is 0 Å². The molecular formula is C12H27N2O+. The third-order valence-corrected chi connectivity index (χ3v) is 2.62. The normalized spacial score (nSPS) is 11.4. The number of nitrogens with one attached hydrogen (secondary N) is 1. The van der Waals surface area contributed by atoms with Crippen LogP contribution in [-0.4, -0.2) is 38.3 Å². The van der Waals surface area contributed by atoms with Gasteiger partial charge in [0, 0.05) is 0 Å². The van der Waals surface area contributed by atoms with Crippen molar-refractivity contribution in [3.63, 3.8) is 0 Å². The lowest BCUT2D eigenvalue weighted by Crippen LogP contribution is -2.42. The van der Waals surface area contributed by atoms with Gasteiger partial charge in [-0.25, -0.2) is 0 Å². The Hall–Kier alpha value is -0.570. The molecule has 0 aromatic carbocycles. The molecular weight excluding hydrogens is 188 g/mol. The van der Waals surface area contributed by atoms with Crippen molar-refractivity contribution < 1.29 is 9.22 Å². The van der Waals surface area contributed by atoms with Crippen molar-refractivity contribution in [1.29, 1.82) is 5.41 Å². The molecule has 0 atom stereocenters. The minimum atomic E-state index is 0.610. The summed E-state index contributed by atoms with van der Waals surface area (Å²) in [7, 11) is 4.30. The summed E-state index contributed by atoms with van der Waals surface area (Å²) in [6.45, 7) is 3.99. The fourth-order valence-electron chi connectivity index (χ4n) is 1.62. The fraction of sp³-hybridized carbons (Fsp3) is 0.917. The second-order valence-electron chi connectivity index (χ2n) is 4.84. The Bertz CT molecular complexity index is 158. The predicted molar refractivity (Wildman–Crippen MR) is 65.1 cm³/mol. The van der Waals surface area contributed by atoms with Crippen LogP contribution in [0.4, 0.5) is 0 Å². The lowest BCUT2D eigenvalue weighted by molar-refractivity contribution is -0.906. The average Bonchev–Trinajstić information content (AvgIpc) is 2.20. The van der Waals surface area contributed by atoms with Crippen molar-refractivity contribution in [1.82, 2.24) is 0 Å². The number of quaternary nitrogens is 1. The van der Waals surface area contributed by atoms with Crippen LogP contribution in [0.1, 0.15) is 45.4 Å². The molecule has 0 rings (SSSR count). The Morgan fingerprint density at radius 1 is 1.07 bits per heavy atom. The highest BCUT2D eigenvalue weighted by Crippen LogP contribution is 2.07. The Morgan fingerprint density at radius 2 is 1.67 bits per heavy atom. The standard InChI is InChI=1S/C12H27N2O/c1-4-5-6-7-8-9-10-14(2,3)12-15-11-13/h11,13H,4-10,12H2,1-3H3/q+1. The van der Waals surface area contributed by atoms with Crippen molar-refractivity contribution in [2.75, 3.05) is 27.4 Å². The van der Waals surface area contributed by atoms with Gasteiger partial charge in [0.2, 0.25) is 6.73 Å². The molecule has 0 amide bonds. The molecule has 90 valence electrons. The van der Waals surface area contributed by atoms with Crippen LogP contribution in [0.3, 0.4) is 0 Å². The summed E-state index contributed by atoms with van der Waals surface area (Å²) in [5.41, 5.74) is 0. The van der Waals surface area contributed by atoms with Crippen molar-refractivity contribution in [2.24, 2.45) is 0 Å². The van der Waals surface area contributed by atoms with Gasteiger partial charge in [0.25, 0.3) is 0 Å². The molecule has 0 unspecified atom stereocenters. The van der Waals surface area contributed by atoms with Gasteiger partial charge in [-0.2, -0.15) is 0 Å². The molecule has 0 saturated heterocycles. The second kappa shape index (κ2) is 8.72. The maximum Gasteiger partial charge on any atom is 0.224 e. The lowest BCUT2D eigenvalue weighted by atomic mass is 10.1. The Morgan fingerprint density at radius 3 is 2.27 bits per heavy atom. The van der Waals surface area contributed by atoms with E-state index in [0.29, 0.717) is 6.73 Å². The Labute approximate surface area is 94.5 Å². The maximum absolute atomic E-state index is 6.81. The largest absolute Gasteiger partial charge is 0.435 e. The maximum atomic E-state index is 6.81. The molecule has 0 aliphatic heterocycles. The van der Waals surface area contributed by atoms with Crippen LogP contribution in [-0.2, 0) is 4.74 Å². The topological polar surface area (TPSA) is 33.1 Å². The van der Waals surface area contributed by atoms with E-state index in [9.17, 15) is 0 Å². The van der Waals surface area contributed by atoms with E-state index in [1.807, 2.05) is 0 Å². The van der Waals surface area contributed by atoms with Crippen LogP contribution in [0.15, 0.2) is 0 Å². The predicted octanol–water partition coefficient (Wildman–Crippen LogP) is 3.00. The molecule has 0 aliphatic carbocycles. The van der Waals surface area contributed by atoms with Crippen LogP contribution >= 0.6 is 0 Å². The van der Waals surface area contributed by atoms with E-state index in [4.69, 9.17) is 10.1 Å². The van der Waals surface area contributed by atoms with E-state index in [2.05, 4.69) is 21.0 Å². The molecule has 3 heteroatoms. The van der Waals surface area contributed by atoms with Crippen LogP contribution in [0.5, 0.6) is 0 Å².